The third kappa shape index (κ3) is 2.99. The molecule has 5 rings (SSSR count). The molecular weight excluding hydrogens is 374 g/mol. The highest BCUT2D eigenvalue weighted by molar-refractivity contribution is 6.32. The number of nitrogens with zero attached hydrogens (tertiary/aromatic N) is 2. The van der Waals surface area contributed by atoms with Crippen LogP contribution in [-0.2, 0) is 0 Å². The summed E-state index contributed by atoms with van der Waals surface area (Å²) in [6, 6.07) is 8.64. The van der Waals surface area contributed by atoms with Gasteiger partial charge in [0.15, 0.2) is 0 Å². The molecule has 1 aliphatic heterocycles. The molecule has 2 heterocycles. The molecule has 1 saturated heterocycles. The van der Waals surface area contributed by atoms with Gasteiger partial charge in [0.25, 0.3) is 0 Å². The quantitative estimate of drug-likeness (QED) is 0.304. The summed E-state index contributed by atoms with van der Waals surface area (Å²) in [5, 5.41) is 17.2. The summed E-state index contributed by atoms with van der Waals surface area (Å²) in [6.45, 7) is 2.14. The van der Waals surface area contributed by atoms with Gasteiger partial charge in [-0.05, 0) is 55.3 Å². The number of nitrogens with one attached hydrogen (secondary N) is 2. The molecule has 2 aromatic carbocycles. The van der Waals surface area contributed by atoms with Gasteiger partial charge in [-0.15, -0.1) is 0 Å². The number of anilines is 3. The molecule has 7 heteroatoms. The predicted octanol–water partition coefficient (Wildman–Crippen LogP) is 3.13. The van der Waals surface area contributed by atoms with E-state index in [2.05, 4.69) is 32.4 Å². The topological polar surface area (TPSA) is 96.1 Å². The van der Waals surface area contributed by atoms with Crippen molar-refractivity contribution >= 4 is 39.7 Å². The number of phenols is 1. The molecular formula is C21H18ClN5O. The van der Waals surface area contributed by atoms with Gasteiger partial charge < -0.3 is 21.5 Å². The van der Waals surface area contributed by atoms with Crippen LogP contribution >= 0.6 is 11.6 Å². The van der Waals surface area contributed by atoms with E-state index in [0.29, 0.717) is 34.9 Å². The average Bonchev–Trinajstić information content (AvgIpc) is 3.10. The average molecular weight is 392 g/mol. The van der Waals surface area contributed by atoms with Gasteiger partial charge in [-0.25, -0.2) is 9.97 Å². The number of nitrogens with two attached hydrogens (primary N) is 1. The van der Waals surface area contributed by atoms with E-state index in [1.54, 1.807) is 12.1 Å². The molecule has 1 saturated carbocycles. The van der Waals surface area contributed by atoms with Gasteiger partial charge in [-0.2, -0.15) is 0 Å². The van der Waals surface area contributed by atoms with Gasteiger partial charge in [0.2, 0.25) is 0 Å². The summed E-state index contributed by atoms with van der Waals surface area (Å²) in [7, 11) is 0. The molecule has 2 aliphatic rings. The lowest BCUT2D eigenvalue weighted by Gasteiger charge is -2.10. The Labute approximate surface area is 167 Å². The van der Waals surface area contributed by atoms with E-state index >= 15 is 0 Å². The lowest BCUT2D eigenvalue weighted by Crippen LogP contribution is -2.13. The minimum atomic E-state index is 0.0304. The van der Waals surface area contributed by atoms with Crippen molar-refractivity contribution in [1.29, 1.82) is 0 Å². The second-order valence-electron chi connectivity index (χ2n) is 7.25. The number of piperidine rings is 1. The first-order chi connectivity index (χ1) is 13.6. The zero-order chi connectivity index (χ0) is 19.3. The van der Waals surface area contributed by atoms with Crippen molar-refractivity contribution in [1.82, 2.24) is 15.3 Å². The molecule has 28 heavy (non-hydrogen) atoms. The van der Waals surface area contributed by atoms with Gasteiger partial charge in [0.1, 0.15) is 17.9 Å². The Morgan fingerprint density at radius 2 is 2.00 bits per heavy atom. The Bertz CT molecular complexity index is 1140. The highest BCUT2D eigenvalue weighted by Gasteiger charge is 2.51. The largest absolute Gasteiger partial charge is 0.506 e. The maximum Gasteiger partial charge on any atom is 0.141 e. The van der Waals surface area contributed by atoms with Crippen molar-refractivity contribution in [3.8, 4) is 17.6 Å². The maximum atomic E-state index is 9.58. The van der Waals surface area contributed by atoms with Crippen molar-refractivity contribution in [3.05, 3.63) is 47.2 Å². The van der Waals surface area contributed by atoms with E-state index in [9.17, 15) is 5.11 Å². The lowest BCUT2D eigenvalue weighted by atomic mass is 10.1. The lowest BCUT2D eigenvalue weighted by molar-refractivity contribution is 0.475. The highest BCUT2D eigenvalue weighted by Crippen LogP contribution is 2.48. The molecule has 5 N–H and O–H groups in total. The van der Waals surface area contributed by atoms with E-state index in [1.165, 1.54) is 12.4 Å². The predicted molar refractivity (Wildman–Crippen MR) is 111 cm³/mol. The molecule has 0 radical (unpaired) electrons. The third-order valence-corrected chi connectivity index (χ3v) is 5.78. The fourth-order valence-corrected chi connectivity index (χ4v) is 4.02. The van der Waals surface area contributed by atoms with Crippen LogP contribution in [0.1, 0.15) is 5.56 Å². The van der Waals surface area contributed by atoms with E-state index in [1.807, 2.05) is 12.1 Å². The summed E-state index contributed by atoms with van der Waals surface area (Å²) in [6.07, 6.45) is 1.50. The molecule has 0 amide bonds. The first-order valence-corrected chi connectivity index (χ1v) is 9.50. The normalized spacial score (nSPS) is 22.4. The Morgan fingerprint density at radius 3 is 2.79 bits per heavy atom. The Balaban J connectivity index is 1.46. The van der Waals surface area contributed by atoms with Gasteiger partial charge in [0.05, 0.1) is 10.5 Å². The number of hydrogen-bond acceptors (Lipinski definition) is 6. The molecule has 1 aromatic heterocycles. The maximum absolute atomic E-state index is 9.58. The fourth-order valence-electron chi connectivity index (χ4n) is 3.84. The third-order valence-electron chi connectivity index (χ3n) is 5.48. The molecule has 2 fully saturated rings. The van der Waals surface area contributed by atoms with E-state index < -0.39 is 0 Å². The van der Waals surface area contributed by atoms with Crippen LogP contribution < -0.4 is 16.4 Å². The summed E-state index contributed by atoms with van der Waals surface area (Å²) in [5.41, 5.74) is 9.13. The number of hydrogen-bond donors (Lipinski definition) is 4. The van der Waals surface area contributed by atoms with Gasteiger partial charge in [-0.3, -0.25) is 0 Å². The second-order valence-corrected chi connectivity index (χ2v) is 7.66. The summed E-state index contributed by atoms with van der Waals surface area (Å²) in [4.78, 5) is 8.69. The Kier molecular flexibility index (Phi) is 4.00. The van der Waals surface area contributed by atoms with Crippen molar-refractivity contribution in [2.24, 2.45) is 17.8 Å². The SMILES string of the molecule is Nc1cc2c(Nc3ccc(O)c(Cl)c3)ncnc2cc1C#CC1C2CNC[C@H]12. The monoisotopic (exact) mass is 391 g/mol. The molecule has 3 aromatic rings. The van der Waals surface area contributed by atoms with Gasteiger partial charge in [-0.1, -0.05) is 23.4 Å². The molecule has 6 nitrogen and oxygen atoms in total. The molecule has 0 spiro atoms. The van der Waals surface area contributed by atoms with E-state index in [0.717, 1.165) is 29.6 Å². The van der Waals surface area contributed by atoms with Crippen LogP contribution in [0.15, 0.2) is 36.7 Å². The number of aromatic nitrogens is 2. The number of benzene rings is 2. The number of phenolic OH excluding ortho intramolecular Hbond substituents is 1. The standard InChI is InChI=1S/C21H18ClN5O/c22-17-6-12(2-4-20(17)28)27-21-14-7-18(23)11(5-19(14)25-10-26-21)1-3-13-15-8-24-9-16(13)15/h2,4-7,10,13,15-16,24,28H,8-9,23H2,(H,25,26,27)/t13?,15-,16?/m1/s1. The zero-order valence-electron chi connectivity index (χ0n) is 14.9. The highest BCUT2D eigenvalue weighted by atomic mass is 35.5. The fraction of sp³-hybridized carbons (Fsp3) is 0.238. The van der Waals surface area contributed by atoms with Gasteiger partial charge >= 0.3 is 0 Å². The van der Waals surface area contributed by atoms with Crippen LogP contribution in [0.3, 0.4) is 0 Å². The van der Waals surface area contributed by atoms with Crippen molar-refractivity contribution < 1.29 is 5.11 Å². The van der Waals surface area contributed by atoms with Crippen LogP contribution in [0, 0.1) is 29.6 Å². The zero-order valence-corrected chi connectivity index (χ0v) is 15.7. The number of fused-ring (bicyclic) bond motifs is 2. The molecule has 3 atom stereocenters. The number of aromatic hydroxyl groups is 1. The Hall–Kier alpha value is -3.01. The summed E-state index contributed by atoms with van der Waals surface area (Å²) in [5.74, 6) is 9.15. The van der Waals surface area contributed by atoms with Crippen LogP contribution in [0.5, 0.6) is 5.75 Å². The summed E-state index contributed by atoms with van der Waals surface area (Å²) < 4.78 is 0. The smallest absolute Gasteiger partial charge is 0.141 e. The van der Waals surface area contributed by atoms with Crippen molar-refractivity contribution in [2.75, 3.05) is 24.1 Å². The number of halogens is 1. The summed E-state index contributed by atoms with van der Waals surface area (Å²) >= 11 is 5.98. The van der Waals surface area contributed by atoms with E-state index in [4.69, 9.17) is 17.3 Å². The van der Waals surface area contributed by atoms with Gasteiger partial charge in [0, 0.05) is 28.2 Å². The van der Waals surface area contributed by atoms with E-state index in [-0.39, 0.29) is 10.8 Å². The first kappa shape index (κ1) is 17.1. The minimum Gasteiger partial charge on any atom is -0.506 e. The molecule has 140 valence electrons. The number of nitrogen functional groups attached to an aromatic ring is 1. The van der Waals surface area contributed by atoms with Crippen LogP contribution in [0.2, 0.25) is 5.02 Å². The molecule has 2 unspecified atom stereocenters. The minimum absolute atomic E-state index is 0.0304. The van der Waals surface area contributed by atoms with Crippen molar-refractivity contribution in [2.45, 2.75) is 0 Å². The van der Waals surface area contributed by atoms with Crippen LogP contribution in [0.25, 0.3) is 10.9 Å². The number of rotatable bonds is 2. The molecule has 0 bridgehead atoms. The van der Waals surface area contributed by atoms with Crippen molar-refractivity contribution in [3.63, 3.8) is 0 Å². The van der Waals surface area contributed by atoms with Crippen LogP contribution in [0.4, 0.5) is 17.2 Å². The molecule has 1 aliphatic carbocycles. The Morgan fingerprint density at radius 1 is 1.18 bits per heavy atom. The first-order valence-electron chi connectivity index (χ1n) is 9.12. The second kappa shape index (κ2) is 6.55. The van der Waals surface area contributed by atoms with Crippen LogP contribution in [-0.4, -0.2) is 28.2 Å².